The van der Waals surface area contributed by atoms with Crippen LogP contribution in [0.25, 0.3) is 6.08 Å². The van der Waals surface area contributed by atoms with Gasteiger partial charge in [0.25, 0.3) is 0 Å². The summed E-state index contributed by atoms with van der Waals surface area (Å²) in [6.45, 7) is 0. The van der Waals surface area contributed by atoms with Gasteiger partial charge in [-0.1, -0.05) is 12.1 Å². The van der Waals surface area contributed by atoms with Crippen LogP contribution in [-0.2, 0) is 20.1 Å². The summed E-state index contributed by atoms with van der Waals surface area (Å²) in [5.41, 5.74) is -5.20. The Morgan fingerprint density at radius 2 is 1.62 bits per heavy atom. The summed E-state index contributed by atoms with van der Waals surface area (Å²) in [5.74, 6) is -0.541. The Kier molecular flexibility index (Phi) is 5.02. The predicted molar refractivity (Wildman–Crippen MR) is 69.1 cm³/mol. The van der Waals surface area contributed by atoms with Gasteiger partial charge in [0, 0.05) is 5.41 Å². The van der Waals surface area contributed by atoms with E-state index in [1.165, 1.54) is 25.3 Å². The maximum absolute atomic E-state index is 12.1. The molecule has 118 valence electrons. The highest BCUT2D eigenvalue weighted by Crippen LogP contribution is 2.27. The Morgan fingerprint density at radius 3 is 2.05 bits per heavy atom. The quantitative estimate of drug-likeness (QED) is 0.644. The molecule has 0 saturated heterocycles. The number of benzene rings is 1. The molecule has 0 aliphatic rings. The molecule has 0 spiro atoms. The van der Waals surface area contributed by atoms with Crippen molar-refractivity contribution in [2.45, 2.75) is 5.51 Å². The summed E-state index contributed by atoms with van der Waals surface area (Å²) in [7, 11) is -8.10. The molecular weight excluding hydrogens is 335 g/mol. The minimum absolute atomic E-state index is 0.325. The highest BCUT2D eigenvalue weighted by molar-refractivity contribution is 7.92. The van der Waals surface area contributed by atoms with Crippen LogP contribution < -0.4 is 8.91 Å². The first kappa shape index (κ1) is 17.5. The molecule has 1 N–H and O–H groups in total. The van der Waals surface area contributed by atoms with Gasteiger partial charge in [-0.2, -0.15) is 21.6 Å². The molecule has 1 aromatic rings. The number of halogens is 3. The van der Waals surface area contributed by atoms with Crippen LogP contribution in [0.1, 0.15) is 5.56 Å². The van der Waals surface area contributed by atoms with E-state index in [9.17, 15) is 30.0 Å². The molecule has 6 nitrogen and oxygen atoms in total. The van der Waals surface area contributed by atoms with E-state index in [-0.39, 0.29) is 0 Å². The molecule has 1 aromatic carbocycles. The van der Waals surface area contributed by atoms with Crippen LogP contribution in [0.4, 0.5) is 13.2 Å². The molecule has 0 aromatic heterocycles. The molecule has 0 radical (unpaired) electrons. The summed E-state index contributed by atoms with van der Waals surface area (Å²) in [5, 5.41) is 0.843. The Morgan fingerprint density at radius 1 is 1.10 bits per heavy atom. The van der Waals surface area contributed by atoms with Crippen molar-refractivity contribution >= 4 is 26.2 Å². The lowest BCUT2D eigenvalue weighted by Crippen LogP contribution is -2.28. The van der Waals surface area contributed by atoms with Crippen LogP contribution in [0.2, 0.25) is 0 Å². The fraction of sp³-hybridized carbons (Fsp3) is 0.200. The molecule has 0 atom stereocenters. The monoisotopic (exact) mass is 345 g/mol. The van der Waals surface area contributed by atoms with E-state index in [4.69, 9.17) is 0 Å². The zero-order chi connectivity index (χ0) is 16.3. The zero-order valence-corrected chi connectivity index (χ0v) is 12.1. The van der Waals surface area contributed by atoms with Gasteiger partial charge < -0.3 is 4.18 Å². The van der Waals surface area contributed by atoms with Crippen molar-refractivity contribution in [2.75, 3.05) is 7.05 Å². The van der Waals surface area contributed by atoms with Gasteiger partial charge in [0.15, 0.2) is 0 Å². The Labute approximate surface area is 119 Å². The van der Waals surface area contributed by atoms with Crippen LogP contribution in [0.15, 0.2) is 29.7 Å². The largest absolute Gasteiger partial charge is 0.534 e. The fourth-order valence-corrected chi connectivity index (χ4v) is 1.98. The minimum atomic E-state index is -5.73. The molecular formula is C10H10F3NO5S2. The lowest BCUT2D eigenvalue weighted by atomic mass is 10.2. The van der Waals surface area contributed by atoms with Crippen molar-refractivity contribution < 1.29 is 34.2 Å². The van der Waals surface area contributed by atoms with E-state index < -0.39 is 31.4 Å². The molecule has 0 heterocycles. The van der Waals surface area contributed by atoms with Crippen molar-refractivity contribution in [2.24, 2.45) is 0 Å². The summed E-state index contributed by atoms with van der Waals surface area (Å²) in [4.78, 5) is 0. The van der Waals surface area contributed by atoms with E-state index in [1.807, 2.05) is 4.72 Å². The summed E-state index contributed by atoms with van der Waals surface area (Å²) < 4.78 is 85.9. The van der Waals surface area contributed by atoms with E-state index in [0.717, 1.165) is 17.5 Å². The number of nitrogens with one attached hydrogen (secondary N) is 1. The lowest BCUT2D eigenvalue weighted by Gasteiger charge is -2.09. The van der Waals surface area contributed by atoms with Gasteiger partial charge in [0.05, 0.1) is 0 Å². The molecule has 0 aliphatic heterocycles. The number of alkyl halides is 3. The topological polar surface area (TPSA) is 89.5 Å². The van der Waals surface area contributed by atoms with Crippen molar-refractivity contribution in [1.29, 1.82) is 0 Å². The van der Waals surface area contributed by atoms with Gasteiger partial charge >= 0.3 is 15.6 Å². The average Bonchev–Trinajstić information content (AvgIpc) is 2.36. The van der Waals surface area contributed by atoms with Crippen LogP contribution in [0.3, 0.4) is 0 Å². The predicted octanol–water partition coefficient (Wildman–Crippen LogP) is 1.43. The zero-order valence-electron chi connectivity index (χ0n) is 10.5. The molecule has 11 heteroatoms. The van der Waals surface area contributed by atoms with Gasteiger partial charge in [-0.15, -0.1) is 0 Å². The van der Waals surface area contributed by atoms with E-state index >= 15 is 0 Å². The van der Waals surface area contributed by atoms with Crippen molar-refractivity contribution in [3.05, 3.63) is 35.2 Å². The minimum Gasteiger partial charge on any atom is -0.376 e. The smallest absolute Gasteiger partial charge is 0.376 e. The second-order valence-corrected chi connectivity index (χ2v) is 6.91. The summed E-state index contributed by atoms with van der Waals surface area (Å²) in [6, 6.07) is 4.33. The number of hydrogen-bond acceptors (Lipinski definition) is 5. The highest BCUT2D eigenvalue weighted by atomic mass is 32.2. The maximum atomic E-state index is 12.1. The molecule has 0 saturated carbocycles. The van der Waals surface area contributed by atoms with Gasteiger partial charge in [-0.05, 0) is 30.8 Å². The Bertz CT molecular complexity index is 721. The molecule has 0 unspecified atom stereocenters. The SMILES string of the molecule is CNS(=O)(=O)/C=C/c1ccc(OS(=O)(=O)C(F)(F)F)cc1. The first-order chi connectivity index (χ1) is 9.47. The maximum Gasteiger partial charge on any atom is 0.534 e. The molecule has 0 bridgehead atoms. The molecule has 0 aliphatic carbocycles. The van der Waals surface area contributed by atoms with E-state index in [1.54, 1.807) is 0 Å². The third-order valence-electron chi connectivity index (χ3n) is 2.09. The van der Waals surface area contributed by atoms with Crippen LogP contribution >= 0.6 is 0 Å². The van der Waals surface area contributed by atoms with Crippen molar-refractivity contribution in [1.82, 2.24) is 4.72 Å². The van der Waals surface area contributed by atoms with Crippen molar-refractivity contribution in [3.8, 4) is 5.75 Å². The van der Waals surface area contributed by atoms with Crippen LogP contribution in [0, 0.1) is 0 Å². The average molecular weight is 345 g/mol. The standard InChI is InChI=1S/C10H10F3NO5S2/c1-14-20(15,16)7-6-8-2-4-9(5-3-8)19-21(17,18)10(11,12)13/h2-7,14H,1H3/b7-6+. The second-order valence-electron chi connectivity index (χ2n) is 3.60. The number of sulfonamides is 1. The third-order valence-corrected chi connectivity index (χ3v) is 4.14. The van der Waals surface area contributed by atoms with Gasteiger partial charge in [0.1, 0.15) is 5.75 Å². The van der Waals surface area contributed by atoms with E-state index in [2.05, 4.69) is 4.18 Å². The van der Waals surface area contributed by atoms with Gasteiger partial charge in [0.2, 0.25) is 10.0 Å². The lowest BCUT2D eigenvalue weighted by molar-refractivity contribution is -0.0500. The van der Waals surface area contributed by atoms with Crippen LogP contribution in [-0.4, -0.2) is 29.4 Å². The molecule has 21 heavy (non-hydrogen) atoms. The summed E-state index contributed by atoms with van der Waals surface area (Å²) >= 11 is 0. The highest BCUT2D eigenvalue weighted by Gasteiger charge is 2.48. The van der Waals surface area contributed by atoms with Gasteiger partial charge in [-0.3, -0.25) is 0 Å². The Hall–Kier alpha value is -1.59. The van der Waals surface area contributed by atoms with Gasteiger partial charge in [-0.25, -0.2) is 13.1 Å². The van der Waals surface area contributed by atoms with Crippen LogP contribution in [0.5, 0.6) is 5.75 Å². The fourth-order valence-electron chi connectivity index (χ4n) is 1.04. The summed E-state index contributed by atoms with van der Waals surface area (Å²) in [6.07, 6.45) is 1.17. The van der Waals surface area contributed by atoms with E-state index in [0.29, 0.717) is 5.56 Å². The number of rotatable bonds is 5. The van der Waals surface area contributed by atoms with Crippen molar-refractivity contribution in [3.63, 3.8) is 0 Å². The molecule has 0 fully saturated rings. The normalized spacial score (nSPS) is 13.5. The third kappa shape index (κ3) is 5.02. The Balaban J connectivity index is 2.90. The number of hydrogen-bond donors (Lipinski definition) is 1. The second kappa shape index (κ2) is 6.03. The first-order valence-electron chi connectivity index (χ1n) is 5.19. The molecule has 1 rings (SSSR count). The molecule has 0 amide bonds. The first-order valence-corrected chi connectivity index (χ1v) is 8.15.